The molecular formula is C41H34F4N8. The SMILES string of the molecule is C=CC1=C(/C=C\C(C)(C)F)c2nc1nc1[nH]c(nc3nc(nc4[nH]c(n2)c2c4C=CC(C)(F)C=C2)C2=C3C=CC(C)(F)C=C2)c2c1C=CC(C)(F)C=C2. The highest BCUT2D eigenvalue weighted by Gasteiger charge is 2.28. The summed E-state index contributed by atoms with van der Waals surface area (Å²) in [7, 11) is 0. The third kappa shape index (κ3) is 6.38. The first kappa shape index (κ1) is 34.1. The van der Waals surface area contributed by atoms with Crippen LogP contribution in [0.5, 0.6) is 0 Å². The van der Waals surface area contributed by atoms with Crippen LogP contribution in [0, 0.1) is 0 Å². The molecule has 0 aromatic carbocycles. The minimum absolute atomic E-state index is 0.179. The summed E-state index contributed by atoms with van der Waals surface area (Å²) in [5, 5.41) is 0. The number of rotatable bonds is 3. The Balaban J connectivity index is 1.55. The Hall–Kier alpha value is -6.04. The molecule has 12 heteroatoms. The summed E-state index contributed by atoms with van der Waals surface area (Å²) in [6.45, 7) is 11.1. The number of hydrogen-bond acceptors (Lipinski definition) is 6. The number of hydrogen-bond donors (Lipinski definition) is 2. The maximum Gasteiger partial charge on any atom is 0.164 e. The monoisotopic (exact) mass is 714 g/mol. The zero-order valence-corrected chi connectivity index (χ0v) is 29.6. The summed E-state index contributed by atoms with van der Waals surface area (Å²) in [5.41, 5.74) is -1.75. The van der Waals surface area contributed by atoms with Gasteiger partial charge in [0.05, 0.1) is 0 Å². The molecule has 0 saturated heterocycles. The van der Waals surface area contributed by atoms with Crippen molar-refractivity contribution in [2.24, 2.45) is 0 Å². The van der Waals surface area contributed by atoms with E-state index in [-0.39, 0.29) is 23.3 Å². The second kappa shape index (κ2) is 11.7. The lowest BCUT2D eigenvalue weighted by Crippen LogP contribution is -2.08. The number of H-pyrrole nitrogens is 2. The van der Waals surface area contributed by atoms with Crippen molar-refractivity contribution in [3.63, 3.8) is 0 Å². The molecule has 2 aliphatic heterocycles. The van der Waals surface area contributed by atoms with Gasteiger partial charge in [0.25, 0.3) is 0 Å². The van der Waals surface area contributed by atoms with Gasteiger partial charge in [0.15, 0.2) is 23.3 Å². The van der Waals surface area contributed by atoms with E-state index < -0.39 is 22.7 Å². The van der Waals surface area contributed by atoms with Crippen LogP contribution in [-0.4, -0.2) is 62.5 Å². The normalized spacial score (nSPS) is 24.7. The summed E-state index contributed by atoms with van der Waals surface area (Å²) >= 11 is 0. The highest BCUT2D eigenvalue weighted by molar-refractivity contribution is 6.02. The van der Waals surface area contributed by atoms with Crippen LogP contribution in [0.1, 0.15) is 80.2 Å². The molecule has 0 fully saturated rings. The fourth-order valence-electron chi connectivity index (χ4n) is 6.34. The molecule has 5 heterocycles. The Labute approximate surface area is 302 Å². The van der Waals surface area contributed by atoms with E-state index in [1.807, 2.05) is 0 Å². The van der Waals surface area contributed by atoms with Gasteiger partial charge in [-0.3, -0.25) is 0 Å². The number of allylic oxidation sites excluding steroid dienone is 15. The molecule has 0 saturated carbocycles. The number of nitrogens with zero attached hydrogens (tertiary/aromatic N) is 6. The Bertz CT molecular complexity index is 2590. The lowest BCUT2D eigenvalue weighted by Gasteiger charge is -2.07. The number of halogens is 4. The fourth-order valence-corrected chi connectivity index (χ4v) is 6.34. The van der Waals surface area contributed by atoms with E-state index in [4.69, 9.17) is 29.9 Å². The predicted octanol–water partition coefficient (Wildman–Crippen LogP) is 9.60. The highest BCUT2D eigenvalue weighted by Crippen LogP contribution is 2.38. The number of fused-ring (bicyclic) bond motifs is 16. The smallest absolute Gasteiger partial charge is 0.164 e. The van der Waals surface area contributed by atoms with Crippen LogP contribution >= 0.6 is 0 Å². The molecule has 8 rings (SSSR count). The van der Waals surface area contributed by atoms with Gasteiger partial charge in [0.1, 0.15) is 45.3 Å². The van der Waals surface area contributed by atoms with Gasteiger partial charge in [-0.25, -0.2) is 47.5 Å². The molecule has 8 bridgehead atoms. The Morgan fingerprint density at radius 1 is 0.547 bits per heavy atom. The molecule has 266 valence electrons. The Morgan fingerprint density at radius 3 is 1.26 bits per heavy atom. The summed E-state index contributed by atoms with van der Waals surface area (Å²) in [6.07, 6.45) is 22.7. The summed E-state index contributed by atoms with van der Waals surface area (Å²) < 4.78 is 61.0. The predicted molar refractivity (Wildman–Crippen MR) is 203 cm³/mol. The van der Waals surface area contributed by atoms with Gasteiger partial charge in [-0.15, -0.1) is 0 Å². The van der Waals surface area contributed by atoms with E-state index in [2.05, 4.69) is 16.5 Å². The molecule has 53 heavy (non-hydrogen) atoms. The maximum absolute atomic E-state index is 15.4. The van der Waals surface area contributed by atoms with Crippen LogP contribution in [0.4, 0.5) is 17.6 Å². The van der Waals surface area contributed by atoms with Gasteiger partial charge in [0, 0.05) is 44.5 Å². The maximum atomic E-state index is 15.4. The minimum Gasteiger partial charge on any atom is -0.324 e. The molecule has 0 amide bonds. The number of nitrogens with one attached hydrogen (secondary N) is 2. The standard InChI is InChI=1S/C41H34F4N8/c1-7-22-23(8-15-38(2,3)42)31-46-30(22)47-32-24-9-16-39(4,43)17-10-25(24)34(49-32)51-36-28-13-20-41(6,45)21-14-29(28)37(53-36)52-35-27-12-19-40(5,44)18-11-26(27)33(48-31)50-35/h7-21H,1H2,2-6H3,(H2,46,47,48,49,50,51,52,53)/b15-8-. The van der Waals surface area contributed by atoms with E-state index in [1.54, 1.807) is 48.6 Å². The van der Waals surface area contributed by atoms with Crippen LogP contribution < -0.4 is 0 Å². The molecule has 3 unspecified atom stereocenters. The van der Waals surface area contributed by atoms with Crippen LogP contribution in [0.3, 0.4) is 0 Å². The lowest BCUT2D eigenvalue weighted by molar-refractivity contribution is 0.287. The molecule has 3 aromatic heterocycles. The highest BCUT2D eigenvalue weighted by atomic mass is 19.2. The summed E-state index contributed by atoms with van der Waals surface area (Å²) in [4.78, 5) is 35.8. The van der Waals surface area contributed by atoms with Crippen molar-refractivity contribution in [1.82, 2.24) is 39.9 Å². The number of aromatic amines is 2. The molecule has 8 nitrogen and oxygen atoms in total. The van der Waals surface area contributed by atoms with Crippen molar-refractivity contribution < 1.29 is 17.6 Å². The zero-order chi connectivity index (χ0) is 37.5. The fraction of sp³-hybridized carbons (Fsp3) is 0.220. The minimum atomic E-state index is -1.77. The van der Waals surface area contributed by atoms with Crippen molar-refractivity contribution in [2.75, 3.05) is 0 Å². The second-order valence-corrected chi connectivity index (χ2v) is 14.5. The van der Waals surface area contributed by atoms with Gasteiger partial charge in [0.2, 0.25) is 0 Å². The number of aromatic nitrogens is 8. The van der Waals surface area contributed by atoms with Gasteiger partial charge >= 0.3 is 0 Å². The van der Waals surface area contributed by atoms with Crippen LogP contribution in [0.2, 0.25) is 0 Å². The van der Waals surface area contributed by atoms with Crippen LogP contribution in [0.25, 0.3) is 69.2 Å². The first-order valence-electron chi connectivity index (χ1n) is 17.0. The van der Waals surface area contributed by atoms with E-state index in [0.29, 0.717) is 67.1 Å². The molecular weight excluding hydrogens is 680 g/mol. The van der Waals surface area contributed by atoms with Crippen molar-refractivity contribution >= 4 is 69.2 Å². The molecule has 0 spiro atoms. The van der Waals surface area contributed by atoms with E-state index >= 15 is 13.2 Å². The third-order valence-electron chi connectivity index (χ3n) is 9.22. The van der Waals surface area contributed by atoms with Gasteiger partial charge in [-0.05, 0) is 77.2 Å². The summed E-state index contributed by atoms with van der Waals surface area (Å²) in [5.74, 6) is 0.824. The second-order valence-electron chi connectivity index (χ2n) is 14.5. The van der Waals surface area contributed by atoms with E-state index in [1.165, 1.54) is 77.2 Å². The zero-order valence-electron chi connectivity index (χ0n) is 29.6. The topological polar surface area (TPSA) is 109 Å². The van der Waals surface area contributed by atoms with Crippen LogP contribution in [0.15, 0.2) is 73.4 Å². The summed E-state index contributed by atoms with van der Waals surface area (Å²) in [6, 6.07) is 0. The van der Waals surface area contributed by atoms with E-state index in [0.717, 1.165) is 0 Å². The first-order chi connectivity index (χ1) is 25.0. The van der Waals surface area contributed by atoms with Crippen LogP contribution in [-0.2, 0) is 0 Å². The molecule has 5 aliphatic rings. The molecule has 3 atom stereocenters. The van der Waals surface area contributed by atoms with Gasteiger partial charge in [-0.2, -0.15) is 0 Å². The first-order valence-corrected chi connectivity index (χ1v) is 17.0. The average Bonchev–Trinajstić information content (AvgIpc) is 3.67. The van der Waals surface area contributed by atoms with Crippen molar-refractivity contribution in [2.45, 2.75) is 57.3 Å². The van der Waals surface area contributed by atoms with Crippen molar-refractivity contribution in [3.8, 4) is 0 Å². The lowest BCUT2D eigenvalue weighted by atomic mass is 10.1. The average molecular weight is 715 g/mol. The van der Waals surface area contributed by atoms with E-state index in [9.17, 15) is 4.39 Å². The largest absolute Gasteiger partial charge is 0.324 e. The quantitative estimate of drug-likeness (QED) is 0.262. The molecule has 3 aromatic rings. The Kier molecular flexibility index (Phi) is 7.55. The molecule has 2 N–H and O–H groups in total. The Morgan fingerprint density at radius 2 is 0.887 bits per heavy atom. The van der Waals surface area contributed by atoms with Gasteiger partial charge < -0.3 is 9.97 Å². The third-order valence-corrected chi connectivity index (χ3v) is 9.22. The number of alkyl halides is 4. The van der Waals surface area contributed by atoms with Gasteiger partial charge in [-0.1, -0.05) is 55.2 Å². The van der Waals surface area contributed by atoms with Crippen molar-refractivity contribution in [1.29, 1.82) is 0 Å². The molecule has 0 radical (unpaired) electrons. The van der Waals surface area contributed by atoms with Crippen molar-refractivity contribution in [3.05, 3.63) is 119 Å². The molecule has 3 aliphatic carbocycles.